The molecule has 0 heterocycles. The van der Waals surface area contributed by atoms with Crippen molar-refractivity contribution in [3.63, 3.8) is 0 Å². The first-order valence-electron chi connectivity index (χ1n) is 6.78. The Morgan fingerprint density at radius 2 is 1.84 bits per heavy atom. The van der Waals surface area contributed by atoms with E-state index in [-0.39, 0.29) is 11.8 Å². The van der Waals surface area contributed by atoms with Crippen LogP contribution in [0.1, 0.15) is 43.5 Å². The van der Waals surface area contributed by atoms with Gasteiger partial charge in [0.2, 0.25) is 5.91 Å². The molecule has 104 valence electrons. The summed E-state index contributed by atoms with van der Waals surface area (Å²) in [6, 6.07) is 8.37. The van der Waals surface area contributed by atoms with Crippen LogP contribution >= 0.6 is 0 Å². The summed E-state index contributed by atoms with van der Waals surface area (Å²) in [5.41, 5.74) is 0.563. The lowest BCUT2D eigenvalue weighted by molar-refractivity contribution is -0.122. The number of rotatable bonds is 7. The highest BCUT2D eigenvalue weighted by molar-refractivity contribution is 5.97. The first kappa shape index (κ1) is 15.2. The van der Waals surface area contributed by atoms with Crippen LogP contribution in [0.25, 0.3) is 0 Å². The third-order valence-electron chi connectivity index (χ3n) is 2.86. The number of amides is 2. The summed E-state index contributed by atoms with van der Waals surface area (Å²) in [6.45, 7) is 4.47. The molecule has 1 atom stereocenters. The van der Waals surface area contributed by atoms with Crippen LogP contribution in [0, 0.1) is 0 Å². The summed E-state index contributed by atoms with van der Waals surface area (Å²) in [5.74, 6) is -0.364. The molecule has 0 fully saturated rings. The molecule has 19 heavy (non-hydrogen) atoms. The van der Waals surface area contributed by atoms with Gasteiger partial charge in [0.15, 0.2) is 0 Å². The lowest BCUT2D eigenvalue weighted by atomic mass is 10.2. The van der Waals surface area contributed by atoms with Crippen LogP contribution in [0.5, 0.6) is 0 Å². The van der Waals surface area contributed by atoms with Gasteiger partial charge < -0.3 is 10.6 Å². The normalized spacial score (nSPS) is 11.7. The molecule has 0 aliphatic heterocycles. The van der Waals surface area contributed by atoms with E-state index in [0.29, 0.717) is 12.1 Å². The lowest BCUT2D eigenvalue weighted by Crippen LogP contribution is -2.45. The summed E-state index contributed by atoms with van der Waals surface area (Å²) < 4.78 is 0. The first-order chi connectivity index (χ1) is 9.15. The number of unbranched alkanes of at least 4 members (excludes halogenated alkanes) is 2. The zero-order chi connectivity index (χ0) is 14.1. The summed E-state index contributed by atoms with van der Waals surface area (Å²) in [7, 11) is 0. The maximum atomic E-state index is 11.8. The van der Waals surface area contributed by atoms with Gasteiger partial charge in [0.25, 0.3) is 5.91 Å². The average Bonchev–Trinajstić information content (AvgIpc) is 2.44. The van der Waals surface area contributed by atoms with Crippen molar-refractivity contribution < 1.29 is 9.59 Å². The molecule has 0 aliphatic rings. The first-order valence-corrected chi connectivity index (χ1v) is 6.78. The number of hydrogen-bond acceptors (Lipinski definition) is 2. The van der Waals surface area contributed by atoms with Gasteiger partial charge >= 0.3 is 0 Å². The van der Waals surface area contributed by atoms with E-state index >= 15 is 0 Å². The van der Waals surface area contributed by atoms with Gasteiger partial charge in [0.05, 0.1) is 0 Å². The van der Waals surface area contributed by atoms with E-state index in [4.69, 9.17) is 0 Å². The van der Waals surface area contributed by atoms with Crippen LogP contribution in [-0.4, -0.2) is 24.4 Å². The van der Waals surface area contributed by atoms with E-state index < -0.39 is 6.04 Å². The maximum Gasteiger partial charge on any atom is 0.251 e. The molecule has 2 amide bonds. The number of carbonyl (C=O) groups is 2. The van der Waals surface area contributed by atoms with Crippen LogP contribution in [-0.2, 0) is 4.79 Å². The van der Waals surface area contributed by atoms with Gasteiger partial charge in [-0.05, 0) is 25.5 Å². The second-order valence-electron chi connectivity index (χ2n) is 4.56. The second-order valence-corrected chi connectivity index (χ2v) is 4.56. The van der Waals surface area contributed by atoms with E-state index in [0.717, 1.165) is 19.3 Å². The van der Waals surface area contributed by atoms with Crippen LogP contribution in [0.3, 0.4) is 0 Å². The van der Waals surface area contributed by atoms with Crippen molar-refractivity contribution in [1.82, 2.24) is 10.6 Å². The fraction of sp³-hybridized carbons (Fsp3) is 0.467. The van der Waals surface area contributed by atoms with E-state index in [2.05, 4.69) is 17.6 Å². The van der Waals surface area contributed by atoms with Gasteiger partial charge in [-0.15, -0.1) is 0 Å². The molecule has 4 heteroatoms. The molecule has 1 aromatic rings. The standard InChI is InChI=1S/C15H22N2O2/c1-3-4-8-11-16-14(18)12(2)17-15(19)13-9-6-5-7-10-13/h5-7,9-10,12H,3-4,8,11H2,1-2H3,(H,16,18)(H,17,19). The van der Waals surface area contributed by atoms with Gasteiger partial charge in [0.1, 0.15) is 6.04 Å². The maximum absolute atomic E-state index is 11.8. The third kappa shape index (κ3) is 5.55. The van der Waals surface area contributed by atoms with Crippen molar-refractivity contribution in [2.75, 3.05) is 6.54 Å². The van der Waals surface area contributed by atoms with Gasteiger partial charge in [-0.3, -0.25) is 9.59 Å². The van der Waals surface area contributed by atoms with Crippen molar-refractivity contribution in [1.29, 1.82) is 0 Å². The SMILES string of the molecule is CCCCCNC(=O)C(C)NC(=O)c1ccccc1. The number of carbonyl (C=O) groups excluding carboxylic acids is 2. The van der Waals surface area contributed by atoms with Crippen molar-refractivity contribution in [3.8, 4) is 0 Å². The Morgan fingerprint density at radius 3 is 2.47 bits per heavy atom. The molecular formula is C15H22N2O2. The van der Waals surface area contributed by atoms with Gasteiger partial charge in [-0.2, -0.15) is 0 Å². The predicted molar refractivity (Wildman–Crippen MR) is 75.9 cm³/mol. The molecule has 1 aromatic carbocycles. The van der Waals surface area contributed by atoms with Crippen LogP contribution in [0.2, 0.25) is 0 Å². The molecule has 2 N–H and O–H groups in total. The topological polar surface area (TPSA) is 58.2 Å². The number of benzene rings is 1. The number of hydrogen-bond donors (Lipinski definition) is 2. The van der Waals surface area contributed by atoms with Crippen LogP contribution in [0.15, 0.2) is 30.3 Å². The Bertz CT molecular complexity index is 404. The summed E-state index contributed by atoms with van der Waals surface area (Å²) in [6.07, 6.45) is 3.20. The lowest BCUT2D eigenvalue weighted by Gasteiger charge is -2.14. The molecule has 0 radical (unpaired) electrons. The molecular weight excluding hydrogens is 240 g/mol. The van der Waals surface area contributed by atoms with E-state index in [9.17, 15) is 9.59 Å². The minimum Gasteiger partial charge on any atom is -0.354 e. The summed E-state index contributed by atoms with van der Waals surface area (Å²) in [5, 5.41) is 5.51. The van der Waals surface area contributed by atoms with Gasteiger partial charge in [0, 0.05) is 12.1 Å². The Hall–Kier alpha value is -1.84. The Kier molecular flexibility index (Phi) is 6.64. The zero-order valence-corrected chi connectivity index (χ0v) is 11.6. The van der Waals surface area contributed by atoms with E-state index in [1.165, 1.54) is 0 Å². The fourth-order valence-electron chi connectivity index (χ4n) is 1.67. The molecule has 0 bridgehead atoms. The minimum absolute atomic E-state index is 0.139. The quantitative estimate of drug-likeness (QED) is 0.739. The second kappa shape index (κ2) is 8.29. The summed E-state index contributed by atoms with van der Waals surface area (Å²) in [4.78, 5) is 23.6. The number of nitrogens with one attached hydrogen (secondary N) is 2. The minimum atomic E-state index is -0.519. The van der Waals surface area contributed by atoms with Crippen LogP contribution < -0.4 is 10.6 Å². The Labute approximate surface area is 114 Å². The van der Waals surface area contributed by atoms with Crippen molar-refractivity contribution in [3.05, 3.63) is 35.9 Å². The van der Waals surface area contributed by atoms with Crippen LogP contribution in [0.4, 0.5) is 0 Å². The molecule has 0 spiro atoms. The average molecular weight is 262 g/mol. The summed E-state index contributed by atoms with van der Waals surface area (Å²) >= 11 is 0. The van der Waals surface area contributed by atoms with E-state index in [1.54, 1.807) is 31.2 Å². The van der Waals surface area contributed by atoms with Gasteiger partial charge in [-0.1, -0.05) is 38.0 Å². The van der Waals surface area contributed by atoms with Crippen molar-refractivity contribution in [2.24, 2.45) is 0 Å². The van der Waals surface area contributed by atoms with Crippen molar-refractivity contribution >= 4 is 11.8 Å². The largest absolute Gasteiger partial charge is 0.354 e. The Balaban J connectivity index is 2.35. The zero-order valence-electron chi connectivity index (χ0n) is 11.6. The molecule has 0 aromatic heterocycles. The highest BCUT2D eigenvalue weighted by Crippen LogP contribution is 1.99. The molecule has 0 saturated heterocycles. The third-order valence-corrected chi connectivity index (χ3v) is 2.86. The molecule has 4 nitrogen and oxygen atoms in total. The highest BCUT2D eigenvalue weighted by atomic mass is 16.2. The monoisotopic (exact) mass is 262 g/mol. The van der Waals surface area contributed by atoms with Crippen molar-refractivity contribution in [2.45, 2.75) is 39.2 Å². The van der Waals surface area contributed by atoms with Gasteiger partial charge in [-0.25, -0.2) is 0 Å². The molecule has 0 saturated carbocycles. The highest BCUT2D eigenvalue weighted by Gasteiger charge is 2.15. The Morgan fingerprint density at radius 1 is 1.16 bits per heavy atom. The predicted octanol–water partition coefficient (Wildman–Crippen LogP) is 2.11. The molecule has 0 aliphatic carbocycles. The molecule has 1 rings (SSSR count). The van der Waals surface area contributed by atoms with E-state index in [1.807, 2.05) is 6.07 Å². The fourth-order valence-corrected chi connectivity index (χ4v) is 1.67. The molecule has 1 unspecified atom stereocenters. The smallest absolute Gasteiger partial charge is 0.251 e.